The molecule has 0 spiro atoms. The fraction of sp³-hybridized carbons (Fsp3) is 0.630. The van der Waals surface area contributed by atoms with Crippen molar-refractivity contribution < 1.29 is 44.6 Å². The Morgan fingerprint density at radius 3 is 2.38 bits per heavy atom. The van der Waals surface area contributed by atoms with Crippen LogP contribution < -0.4 is 10.1 Å². The first-order chi connectivity index (χ1) is 19.4. The molecule has 0 atom stereocenters. The lowest BCUT2D eigenvalue weighted by atomic mass is 9.84. The van der Waals surface area contributed by atoms with Crippen LogP contribution in [0.2, 0.25) is 5.02 Å². The molecule has 0 radical (unpaired) electrons. The average molecular weight is 644 g/mol. The highest BCUT2D eigenvalue weighted by Crippen LogP contribution is 2.43. The number of sulfone groups is 1. The Hall–Kier alpha value is -2.45. The van der Waals surface area contributed by atoms with Gasteiger partial charge in [0.05, 0.1) is 34.5 Å². The summed E-state index contributed by atoms with van der Waals surface area (Å²) in [5, 5.41) is 6.50. The standard InChI is InChI=1S/C27H35ClF5N3O5S/c1-26(2,27(31,32)33)14-17-7-10-19(20(13-17)41-25(29)30)23-21(28)22(35-36(23)11-12-40-3)24(37)34-15-16-5-8-18(9-6-16)42(4,38)39/h7,10,13,16,18,25H,5-6,8-9,11-12,14-15H2,1-4H3,(H,34,37). The van der Waals surface area contributed by atoms with Crippen LogP contribution in [-0.4, -0.2) is 68.7 Å². The van der Waals surface area contributed by atoms with Crippen LogP contribution in [-0.2, 0) is 27.5 Å². The van der Waals surface area contributed by atoms with Gasteiger partial charge in [-0.05, 0) is 55.7 Å². The first-order valence-electron chi connectivity index (χ1n) is 13.3. The molecule has 1 heterocycles. The highest BCUT2D eigenvalue weighted by atomic mass is 35.5. The number of halogens is 6. The second-order valence-corrected chi connectivity index (χ2v) is 13.9. The number of ether oxygens (including phenoxy) is 2. The molecule has 1 aliphatic carbocycles. The SMILES string of the molecule is COCCn1nc(C(=O)NCC2CCC(S(C)(=O)=O)CC2)c(Cl)c1-c1ccc(CC(C)(C)C(F)(F)F)cc1OC(F)F. The minimum absolute atomic E-state index is 0.00983. The third-order valence-corrected chi connectivity index (χ3v) is 9.54. The van der Waals surface area contributed by atoms with Crippen LogP contribution in [0.3, 0.4) is 0 Å². The highest BCUT2D eigenvalue weighted by Gasteiger charge is 2.47. The van der Waals surface area contributed by atoms with Crippen molar-refractivity contribution in [1.82, 2.24) is 15.1 Å². The van der Waals surface area contributed by atoms with E-state index in [4.69, 9.17) is 21.1 Å². The number of benzene rings is 1. The number of carbonyl (C=O) groups is 1. The second-order valence-electron chi connectivity index (χ2n) is 11.2. The molecule has 8 nitrogen and oxygen atoms in total. The zero-order valence-corrected chi connectivity index (χ0v) is 25.3. The molecule has 0 bridgehead atoms. The van der Waals surface area contributed by atoms with Crippen molar-refractivity contribution in [2.45, 2.75) is 70.5 Å². The minimum Gasteiger partial charge on any atom is -0.434 e. The maximum Gasteiger partial charge on any atom is 0.394 e. The summed E-state index contributed by atoms with van der Waals surface area (Å²) in [5.41, 5.74) is -2.14. The van der Waals surface area contributed by atoms with E-state index >= 15 is 0 Å². The number of hydrogen-bond donors (Lipinski definition) is 1. The maximum absolute atomic E-state index is 13.5. The molecule has 1 aromatic carbocycles. The molecule has 15 heteroatoms. The molecular weight excluding hydrogens is 609 g/mol. The van der Waals surface area contributed by atoms with Crippen molar-refractivity contribution in [1.29, 1.82) is 0 Å². The molecule has 1 amide bonds. The molecule has 0 unspecified atom stereocenters. The average Bonchev–Trinajstić information content (AvgIpc) is 3.20. The Kier molecular flexibility index (Phi) is 10.9. The number of amides is 1. The first kappa shape index (κ1) is 34.0. The number of alkyl halides is 5. The summed E-state index contributed by atoms with van der Waals surface area (Å²) in [6.45, 7) is -0.815. The summed E-state index contributed by atoms with van der Waals surface area (Å²) in [4.78, 5) is 13.1. The van der Waals surface area contributed by atoms with E-state index < -0.39 is 51.4 Å². The number of nitrogens with one attached hydrogen (secondary N) is 1. The Bertz CT molecular complexity index is 1360. The van der Waals surface area contributed by atoms with E-state index in [1.54, 1.807) is 0 Å². The zero-order chi connectivity index (χ0) is 31.5. The molecule has 1 fully saturated rings. The van der Waals surface area contributed by atoms with Crippen LogP contribution in [0, 0.1) is 11.3 Å². The smallest absolute Gasteiger partial charge is 0.394 e. The van der Waals surface area contributed by atoms with Gasteiger partial charge in [-0.1, -0.05) is 31.5 Å². The zero-order valence-electron chi connectivity index (χ0n) is 23.7. The van der Waals surface area contributed by atoms with Gasteiger partial charge in [0.25, 0.3) is 5.91 Å². The summed E-state index contributed by atoms with van der Waals surface area (Å²) < 4.78 is 102. The normalized spacial score (nSPS) is 18.4. The van der Waals surface area contributed by atoms with Gasteiger partial charge in [0.15, 0.2) is 5.69 Å². The van der Waals surface area contributed by atoms with E-state index in [-0.39, 0.29) is 53.2 Å². The van der Waals surface area contributed by atoms with E-state index in [9.17, 15) is 35.2 Å². The molecule has 2 aromatic rings. The molecule has 1 aromatic heterocycles. The maximum atomic E-state index is 13.5. The predicted octanol–water partition coefficient (Wildman–Crippen LogP) is 5.92. The highest BCUT2D eigenvalue weighted by molar-refractivity contribution is 7.91. The lowest BCUT2D eigenvalue weighted by molar-refractivity contribution is -0.211. The van der Waals surface area contributed by atoms with Crippen LogP contribution >= 0.6 is 11.6 Å². The number of carbonyl (C=O) groups excluding carboxylic acids is 1. The summed E-state index contributed by atoms with van der Waals surface area (Å²) >= 11 is 6.60. The molecule has 0 saturated heterocycles. The van der Waals surface area contributed by atoms with Gasteiger partial charge in [-0.3, -0.25) is 9.48 Å². The monoisotopic (exact) mass is 643 g/mol. The molecule has 1 N–H and O–H groups in total. The van der Waals surface area contributed by atoms with Gasteiger partial charge in [-0.15, -0.1) is 0 Å². The van der Waals surface area contributed by atoms with E-state index in [1.165, 1.54) is 30.2 Å². The number of nitrogens with zero attached hydrogens (tertiary/aromatic N) is 2. The number of hydrogen-bond acceptors (Lipinski definition) is 6. The van der Waals surface area contributed by atoms with Gasteiger partial charge in [0.2, 0.25) is 0 Å². The van der Waals surface area contributed by atoms with Crippen LogP contribution in [0.5, 0.6) is 5.75 Å². The Morgan fingerprint density at radius 1 is 1.19 bits per heavy atom. The molecule has 236 valence electrons. The summed E-state index contributed by atoms with van der Waals surface area (Å²) in [6, 6.07) is 3.77. The lowest BCUT2D eigenvalue weighted by Gasteiger charge is -2.28. The van der Waals surface area contributed by atoms with E-state index in [1.807, 2.05) is 0 Å². The molecule has 42 heavy (non-hydrogen) atoms. The van der Waals surface area contributed by atoms with Crippen molar-refractivity contribution in [2.24, 2.45) is 11.3 Å². The van der Waals surface area contributed by atoms with Crippen molar-refractivity contribution in [3.63, 3.8) is 0 Å². The largest absolute Gasteiger partial charge is 0.434 e. The van der Waals surface area contributed by atoms with Crippen molar-refractivity contribution in [2.75, 3.05) is 26.5 Å². The third kappa shape index (κ3) is 8.34. The fourth-order valence-corrected chi connectivity index (χ4v) is 6.39. The summed E-state index contributed by atoms with van der Waals surface area (Å²) in [5.74, 6) is -0.988. The molecule has 1 aliphatic rings. The third-order valence-electron chi connectivity index (χ3n) is 7.50. The quantitative estimate of drug-likeness (QED) is 0.289. The number of methoxy groups -OCH3 is 1. The van der Waals surface area contributed by atoms with Crippen molar-refractivity contribution in [3.8, 4) is 17.0 Å². The first-order valence-corrected chi connectivity index (χ1v) is 15.6. The Morgan fingerprint density at radius 2 is 1.83 bits per heavy atom. The van der Waals surface area contributed by atoms with Gasteiger partial charge in [0, 0.05) is 25.5 Å². The summed E-state index contributed by atoms with van der Waals surface area (Å²) in [7, 11) is -1.70. The summed E-state index contributed by atoms with van der Waals surface area (Å²) in [6.07, 6.45) is -1.58. The Labute approximate surface area is 246 Å². The second kappa shape index (κ2) is 13.5. The lowest BCUT2D eigenvalue weighted by Crippen LogP contribution is -2.34. The van der Waals surface area contributed by atoms with Gasteiger partial charge < -0.3 is 14.8 Å². The van der Waals surface area contributed by atoms with Crippen LogP contribution in [0.25, 0.3) is 11.3 Å². The van der Waals surface area contributed by atoms with Gasteiger partial charge in [-0.2, -0.15) is 27.1 Å². The van der Waals surface area contributed by atoms with Crippen LogP contribution in [0.1, 0.15) is 55.6 Å². The van der Waals surface area contributed by atoms with Crippen LogP contribution in [0.4, 0.5) is 22.0 Å². The van der Waals surface area contributed by atoms with Crippen molar-refractivity contribution in [3.05, 3.63) is 34.5 Å². The number of aromatic nitrogens is 2. The molecular formula is C27H35ClF5N3O5S. The van der Waals surface area contributed by atoms with Gasteiger partial charge in [0.1, 0.15) is 15.6 Å². The molecule has 0 aliphatic heterocycles. The van der Waals surface area contributed by atoms with E-state index in [0.717, 1.165) is 19.9 Å². The van der Waals surface area contributed by atoms with Gasteiger partial charge >= 0.3 is 12.8 Å². The van der Waals surface area contributed by atoms with Crippen LogP contribution in [0.15, 0.2) is 18.2 Å². The minimum atomic E-state index is -4.53. The molecule has 1 saturated carbocycles. The van der Waals surface area contributed by atoms with Crippen molar-refractivity contribution >= 4 is 27.3 Å². The van der Waals surface area contributed by atoms with E-state index in [0.29, 0.717) is 25.7 Å². The van der Waals surface area contributed by atoms with E-state index in [2.05, 4.69) is 10.4 Å². The topological polar surface area (TPSA) is 99.5 Å². The Balaban J connectivity index is 1.91. The predicted molar refractivity (Wildman–Crippen MR) is 148 cm³/mol. The fourth-order valence-electron chi connectivity index (χ4n) is 4.94. The number of rotatable bonds is 12. The molecule has 3 rings (SSSR count). The van der Waals surface area contributed by atoms with Gasteiger partial charge in [-0.25, -0.2) is 8.42 Å².